The van der Waals surface area contributed by atoms with Gasteiger partial charge in [0.25, 0.3) is 0 Å². The normalized spacial score (nSPS) is 30.1. The highest BCUT2D eigenvalue weighted by Gasteiger charge is 2.41. The van der Waals surface area contributed by atoms with Crippen molar-refractivity contribution in [2.24, 2.45) is 0 Å². The maximum absolute atomic E-state index is 12.5. The zero-order valence-electron chi connectivity index (χ0n) is 11.0. The van der Waals surface area contributed by atoms with Gasteiger partial charge in [0.15, 0.2) is 5.72 Å². The van der Waals surface area contributed by atoms with Gasteiger partial charge in [-0.25, -0.2) is 4.98 Å². The molecule has 2 saturated heterocycles. The molecule has 0 aromatic carbocycles. The summed E-state index contributed by atoms with van der Waals surface area (Å²) >= 11 is 0. The summed E-state index contributed by atoms with van der Waals surface area (Å²) < 4.78 is 43.4. The van der Waals surface area contributed by atoms with Crippen LogP contribution in [0.1, 0.15) is 44.1 Å². The summed E-state index contributed by atoms with van der Waals surface area (Å²) in [6.45, 7) is 0. The fraction of sp³-hybridized carbons (Fsp3) is 0.643. The Morgan fingerprint density at radius 2 is 1.90 bits per heavy atom. The van der Waals surface area contributed by atoms with Crippen molar-refractivity contribution in [1.29, 1.82) is 0 Å². The lowest BCUT2D eigenvalue weighted by Gasteiger charge is -2.45. The molecule has 2 fully saturated rings. The predicted molar refractivity (Wildman–Crippen MR) is 67.2 cm³/mol. The maximum Gasteiger partial charge on any atom is 0.417 e. The van der Waals surface area contributed by atoms with Gasteiger partial charge in [0.2, 0.25) is 5.88 Å². The molecule has 3 heterocycles. The quantitative estimate of drug-likeness (QED) is 0.903. The second kappa shape index (κ2) is 4.91. The van der Waals surface area contributed by atoms with Gasteiger partial charge in [-0.2, -0.15) is 13.2 Å². The van der Waals surface area contributed by atoms with Gasteiger partial charge < -0.3 is 4.74 Å². The van der Waals surface area contributed by atoms with Crippen molar-refractivity contribution in [1.82, 2.24) is 10.3 Å². The van der Waals surface area contributed by atoms with Gasteiger partial charge >= 0.3 is 6.18 Å². The fourth-order valence-corrected chi connectivity index (χ4v) is 3.14. The van der Waals surface area contributed by atoms with E-state index in [1.807, 2.05) is 0 Å². The number of ether oxygens (including phenoxy) is 1. The Kier molecular flexibility index (Phi) is 3.36. The first-order valence-electron chi connectivity index (χ1n) is 6.97. The number of hydrogen-bond acceptors (Lipinski definition) is 3. The van der Waals surface area contributed by atoms with Crippen molar-refractivity contribution in [3.63, 3.8) is 0 Å². The molecule has 0 radical (unpaired) electrons. The van der Waals surface area contributed by atoms with Crippen molar-refractivity contribution >= 4 is 0 Å². The van der Waals surface area contributed by atoms with Crippen molar-refractivity contribution in [2.75, 3.05) is 0 Å². The van der Waals surface area contributed by atoms with E-state index in [1.165, 1.54) is 6.07 Å². The van der Waals surface area contributed by atoms with Crippen LogP contribution < -0.4 is 10.1 Å². The van der Waals surface area contributed by atoms with E-state index in [9.17, 15) is 13.2 Å². The number of piperidine rings is 2. The van der Waals surface area contributed by atoms with Gasteiger partial charge in [0.05, 0.1) is 5.56 Å². The van der Waals surface area contributed by atoms with Gasteiger partial charge in [-0.15, -0.1) is 0 Å². The van der Waals surface area contributed by atoms with Crippen LogP contribution in [0.5, 0.6) is 5.88 Å². The first-order chi connectivity index (χ1) is 9.47. The molecule has 6 heteroatoms. The molecule has 1 aromatic rings. The van der Waals surface area contributed by atoms with E-state index in [-0.39, 0.29) is 5.88 Å². The van der Waals surface area contributed by atoms with Crippen LogP contribution in [0.3, 0.4) is 0 Å². The molecule has 0 atom stereocenters. The molecule has 3 rings (SSSR count). The number of fused-ring (bicyclic) bond motifs is 2. The summed E-state index contributed by atoms with van der Waals surface area (Å²) in [5, 5.41) is 3.48. The predicted octanol–water partition coefficient (Wildman–Crippen LogP) is 3.50. The summed E-state index contributed by atoms with van der Waals surface area (Å²) in [5.41, 5.74) is -1.19. The van der Waals surface area contributed by atoms with Crippen molar-refractivity contribution < 1.29 is 17.9 Å². The minimum Gasteiger partial charge on any atom is -0.456 e. The van der Waals surface area contributed by atoms with Crippen LogP contribution >= 0.6 is 0 Å². The molecule has 1 N–H and O–H groups in total. The average Bonchev–Trinajstić information content (AvgIpc) is 2.38. The van der Waals surface area contributed by atoms with Gasteiger partial charge in [0, 0.05) is 31.1 Å². The number of nitrogens with one attached hydrogen (secondary N) is 1. The van der Waals surface area contributed by atoms with Crippen LogP contribution in [-0.4, -0.2) is 16.8 Å². The molecular formula is C14H17F3N2O. The Labute approximate surface area is 115 Å². The Morgan fingerprint density at radius 3 is 2.45 bits per heavy atom. The molecular weight excluding hydrogens is 269 g/mol. The molecule has 0 saturated carbocycles. The van der Waals surface area contributed by atoms with Gasteiger partial charge in [-0.3, -0.25) is 5.32 Å². The third kappa shape index (κ3) is 2.75. The molecule has 0 unspecified atom stereocenters. The highest BCUT2D eigenvalue weighted by molar-refractivity contribution is 5.21. The van der Waals surface area contributed by atoms with Crippen molar-refractivity contribution in [3.8, 4) is 5.88 Å². The molecule has 3 nitrogen and oxygen atoms in total. The van der Waals surface area contributed by atoms with E-state index in [0.29, 0.717) is 6.04 Å². The molecule has 2 aliphatic heterocycles. The molecule has 0 aliphatic carbocycles. The number of hydrogen-bond donors (Lipinski definition) is 1. The third-order valence-corrected chi connectivity index (χ3v) is 4.10. The summed E-state index contributed by atoms with van der Waals surface area (Å²) in [6, 6.07) is 2.78. The summed E-state index contributed by atoms with van der Waals surface area (Å²) in [6.07, 6.45) is 2.68. The zero-order chi connectivity index (χ0) is 14.2. The standard InChI is InChI=1S/C14H17F3N2O/c15-14(16,17)10-5-6-12(18-9-10)20-13-7-1-3-11(19-13)4-2-8-13/h5-6,9,11,19H,1-4,7-8H2. The Bertz CT molecular complexity index is 462. The fourth-order valence-electron chi connectivity index (χ4n) is 3.14. The zero-order valence-corrected chi connectivity index (χ0v) is 11.0. The van der Waals surface area contributed by atoms with Crippen LogP contribution in [0.2, 0.25) is 0 Å². The molecule has 110 valence electrons. The Balaban J connectivity index is 1.74. The minimum absolute atomic E-state index is 0.257. The number of nitrogens with zero attached hydrogens (tertiary/aromatic N) is 1. The highest BCUT2D eigenvalue weighted by atomic mass is 19.4. The van der Waals surface area contributed by atoms with Crippen LogP contribution in [0.4, 0.5) is 13.2 Å². The van der Waals surface area contributed by atoms with Crippen LogP contribution in [0.15, 0.2) is 18.3 Å². The van der Waals surface area contributed by atoms with E-state index >= 15 is 0 Å². The number of alkyl halides is 3. The molecule has 0 spiro atoms. The van der Waals surface area contributed by atoms with Gasteiger partial charge in [-0.05, 0) is 31.7 Å². The topological polar surface area (TPSA) is 34.1 Å². The van der Waals surface area contributed by atoms with Crippen LogP contribution in [-0.2, 0) is 6.18 Å². The SMILES string of the molecule is FC(F)(F)c1ccc(OC23CCCC(CCC2)N3)nc1. The van der Waals surface area contributed by atoms with Crippen LogP contribution in [0.25, 0.3) is 0 Å². The van der Waals surface area contributed by atoms with Gasteiger partial charge in [0.1, 0.15) is 0 Å². The van der Waals surface area contributed by atoms with Crippen molar-refractivity contribution in [3.05, 3.63) is 23.9 Å². The molecule has 2 bridgehead atoms. The lowest BCUT2D eigenvalue weighted by Crippen LogP contribution is -2.60. The first-order valence-corrected chi connectivity index (χ1v) is 6.97. The minimum atomic E-state index is -4.36. The number of halogens is 3. The lowest BCUT2D eigenvalue weighted by molar-refractivity contribution is -0.137. The Morgan fingerprint density at radius 1 is 1.20 bits per heavy atom. The third-order valence-electron chi connectivity index (χ3n) is 4.10. The van der Waals surface area contributed by atoms with Crippen LogP contribution in [0, 0.1) is 0 Å². The number of rotatable bonds is 2. The monoisotopic (exact) mass is 286 g/mol. The second-order valence-electron chi connectivity index (χ2n) is 5.60. The summed E-state index contributed by atoms with van der Waals surface area (Å²) in [5.74, 6) is 0.257. The van der Waals surface area contributed by atoms with E-state index in [2.05, 4.69) is 10.3 Å². The van der Waals surface area contributed by atoms with E-state index in [1.54, 1.807) is 0 Å². The number of pyridine rings is 1. The lowest BCUT2D eigenvalue weighted by atomic mass is 9.84. The molecule has 20 heavy (non-hydrogen) atoms. The Hall–Kier alpha value is -1.30. The van der Waals surface area contributed by atoms with E-state index in [0.717, 1.165) is 50.8 Å². The maximum atomic E-state index is 12.5. The number of aromatic nitrogens is 1. The average molecular weight is 286 g/mol. The smallest absolute Gasteiger partial charge is 0.417 e. The van der Waals surface area contributed by atoms with Crippen molar-refractivity contribution in [2.45, 2.75) is 56.5 Å². The largest absolute Gasteiger partial charge is 0.456 e. The summed E-state index contributed by atoms with van der Waals surface area (Å²) in [4.78, 5) is 3.80. The highest BCUT2D eigenvalue weighted by Crippen LogP contribution is 2.36. The molecule has 0 amide bonds. The summed E-state index contributed by atoms with van der Waals surface area (Å²) in [7, 11) is 0. The van der Waals surface area contributed by atoms with Gasteiger partial charge in [-0.1, -0.05) is 0 Å². The van der Waals surface area contributed by atoms with E-state index in [4.69, 9.17) is 4.74 Å². The first kappa shape index (κ1) is 13.7. The second-order valence-corrected chi connectivity index (χ2v) is 5.60. The van der Waals surface area contributed by atoms with E-state index < -0.39 is 17.5 Å². The molecule has 1 aromatic heterocycles. The molecule has 2 aliphatic rings.